The lowest BCUT2D eigenvalue weighted by atomic mass is 9.57. The molecular weight excluding hydrogens is 266 g/mol. The molecule has 0 atom stereocenters. The average molecular weight is 291 g/mol. The van der Waals surface area contributed by atoms with Crippen molar-refractivity contribution in [2.24, 2.45) is 5.41 Å². The van der Waals surface area contributed by atoms with Gasteiger partial charge in [-0.1, -0.05) is 0 Å². The SMILES string of the molecule is COCCNCC1(S(C)(=O)=O)CC2(CCOCC2)C1. The van der Waals surface area contributed by atoms with Gasteiger partial charge in [-0.25, -0.2) is 8.42 Å². The quantitative estimate of drug-likeness (QED) is 0.726. The Balaban J connectivity index is 1.96. The topological polar surface area (TPSA) is 64.6 Å². The molecule has 1 saturated carbocycles. The van der Waals surface area contributed by atoms with E-state index in [2.05, 4.69) is 5.32 Å². The van der Waals surface area contributed by atoms with Gasteiger partial charge >= 0.3 is 0 Å². The predicted octanol–water partition coefficient (Wildman–Crippen LogP) is 0.596. The third-order valence-corrected chi connectivity index (χ3v) is 6.67. The first kappa shape index (κ1) is 15.2. The highest BCUT2D eigenvalue weighted by molar-refractivity contribution is 7.92. The predicted molar refractivity (Wildman–Crippen MR) is 74.0 cm³/mol. The third-order valence-electron chi connectivity index (χ3n) is 4.66. The van der Waals surface area contributed by atoms with Crippen LogP contribution in [0.25, 0.3) is 0 Å². The zero-order valence-corrected chi connectivity index (χ0v) is 12.7. The minimum Gasteiger partial charge on any atom is -0.383 e. The summed E-state index contributed by atoms with van der Waals surface area (Å²) < 4.78 is 34.0. The maximum Gasteiger partial charge on any atom is 0.154 e. The van der Waals surface area contributed by atoms with Crippen LogP contribution < -0.4 is 5.32 Å². The summed E-state index contributed by atoms with van der Waals surface area (Å²) in [5.41, 5.74) is 0.213. The molecule has 1 heterocycles. The van der Waals surface area contributed by atoms with Gasteiger partial charge in [-0.3, -0.25) is 0 Å². The Morgan fingerprint density at radius 3 is 2.42 bits per heavy atom. The van der Waals surface area contributed by atoms with Crippen molar-refractivity contribution in [2.75, 3.05) is 46.3 Å². The van der Waals surface area contributed by atoms with Crippen LogP contribution in [0.5, 0.6) is 0 Å². The molecule has 1 spiro atoms. The Labute approximate surface area is 116 Å². The van der Waals surface area contributed by atoms with E-state index in [1.54, 1.807) is 7.11 Å². The summed E-state index contributed by atoms with van der Waals surface area (Å²) in [4.78, 5) is 0. The van der Waals surface area contributed by atoms with E-state index in [1.165, 1.54) is 6.26 Å². The van der Waals surface area contributed by atoms with Crippen LogP contribution in [0.4, 0.5) is 0 Å². The summed E-state index contributed by atoms with van der Waals surface area (Å²) >= 11 is 0. The Morgan fingerprint density at radius 1 is 1.26 bits per heavy atom. The Hall–Kier alpha value is -0.170. The van der Waals surface area contributed by atoms with Gasteiger partial charge in [-0.2, -0.15) is 0 Å². The molecule has 0 radical (unpaired) electrons. The van der Waals surface area contributed by atoms with Crippen molar-refractivity contribution in [3.63, 3.8) is 0 Å². The molecule has 0 aromatic carbocycles. The van der Waals surface area contributed by atoms with E-state index >= 15 is 0 Å². The molecule has 1 aliphatic carbocycles. The molecule has 0 aromatic heterocycles. The van der Waals surface area contributed by atoms with Gasteiger partial charge in [0.05, 0.1) is 11.4 Å². The fraction of sp³-hybridized carbons (Fsp3) is 1.00. The van der Waals surface area contributed by atoms with Crippen molar-refractivity contribution < 1.29 is 17.9 Å². The van der Waals surface area contributed by atoms with Gasteiger partial charge < -0.3 is 14.8 Å². The maximum absolute atomic E-state index is 12.1. The van der Waals surface area contributed by atoms with E-state index < -0.39 is 14.6 Å². The minimum atomic E-state index is -3.03. The summed E-state index contributed by atoms with van der Waals surface area (Å²) in [5.74, 6) is 0. The lowest BCUT2D eigenvalue weighted by molar-refractivity contribution is -0.0489. The molecule has 112 valence electrons. The van der Waals surface area contributed by atoms with Crippen LogP contribution in [-0.4, -0.2) is 59.4 Å². The summed E-state index contributed by atoms with van der Waals surface area (Å²) in [6.45, 7) is 3.40. The van der Waals surface area contributed by atoms with Crippen LogP contribution in [0.15, 0.2) is 0 Å². The number of hydrogen-bond donors (Lipinski definition) is 1. The zero-order valence-electron chi connectivity index (χ0n) is 11.9. The first-order valence-electron chi connectivity index (χ1n) is 6.90. The molecule has 1 saturated heterocycles. The van der Waals surface area contributed by atoms with Gasteiger partial charge in [0.1, 0.15) is 0 Å². The van der Waals surface area contributed by atoms with E-state index in [0.29, 0.717) is 19.7 Å². The standard InChI is InChI=1S/C13H25NO4S/c1-17-8-5-14-11-13(19(2,15)16)9-12(10-13)3-6-18-7-4-12/h14H,3-11H2,1-2H3. The number of sulfone groups is 1. The second kappa shape index (κ2) is 5.68. The van der Waals surface area contributed by atoms with E-state index in [1.807, 2.05) is 0 Å². The highest BCUT2D eigenvalue weighted by Gasteiger charge is 2.59. The van der Waals surface area contributed by atoms with Crippen molar-refractivity contribution in [3.8, 4) is 0 Å². The number of methoxy groups -OCH3 is 1. The van der Waals surface area contributed by atoms with Crippen LogP contribution >= 0.6 is 0 Å². The van der Waals surface area contributed by atoms with Gasteiger partial charge in [0, 0.05) is 39.7 Å². The summed E-state index contributed by atoms with van der Waals surface area (Å²) in [6, 6.07) is 0. The molecule has 2 aliphatic rings. The lowest BCUT2D eigenvalue weighted by Crippen LogP contribution is -2.62. The van der Waals surface area contributed by atoms with Crippen molar-refractivity contribution in [2.45, 2.75) is 30.4 Å². The highest BCUT2D eigenvalue weighted by atomic mass is 32.2. The van der Waals surface area contributed by atoms with E-state index in [9.17, 15) is 8.42 Å². The van der Waals surface area contributed by atoms with Gasteiger partial charge in [0.25, 0.3) is 0 Å². The van der Waals surface area contributed by atoms with Gasteiger partial charge in [0.2, 0.25) is 0 Å². The molecule has 0 bridgehead atoms. The monoisotopic (exact) mass is 291 g/mol. The van der Waals surface area contributed by atoms with Crippen molar-refractivity contribution in [3.05, 3.63) is 0 Å². The van der Waals surface area contributed by atoms with Crippen LogP contribution in [0.1, 0.15) is 25.7 Å². The molecule has 19 heavy (non-hydrogen) atoms. The Bertz CT molecular complexity index is 393. The van der Waals surface area contributed by atoms with Gasteiger partial charge in [-0.05, 0) is 31.1 Å². The van der Waals surface area contributed by atoms with Crippen molar-refractivity contribution in [1.82, 2.24) is 5.32 Å². The normalized spacial score (nSPS) is 25.2. The Kier molecular flexibility index (Phi) is 4.55. The molecule has 1 aliphatic heterocycles. The Morgan fingerprint density at radius 2 is 1.89 bits per heavy atom. The molecular formula is C13H25NO4S. The van der Waals surface area contributed by atoms with Gasteiger partial charge in [0.15, 0.2) is 9.84 Å². The first-order valence-corrected chi connectivity index (χ1v) is 8.79. The van der Waals surface area contributed by atoms with Crippen molar-refractivity contribution >= 4 is 9.84 Å². The lowest BCUT2D eigenvalue weighted by Gasteiger charge is -2.56. The van der Waals surface area contributed by atoms with Crippen LogP contribution in [-0.2, 0) is 19.3 Å². The van der Waals surface area contributed by atoms with Crippen LogP contribution in [0, 0.1) is 5.41 Å². The molecule has 5 nitrogen and oxygen atoms in total. The fourth-order valence-corrected chi connectivity index (χ4v) is 4.98. The maximum atomic E-state index is 12.1. The van der Waals surface area contributed by atoms with Crippen LogP contribution in [0.3, 0.4) is 0 Å². The fourth-order valence-electron chi connectivity index (χ4n) is 3.48. The minimum absolute atomic E-state index is 0.213. The zero-order chi connectivity index (χ0) is 14.0. The molecule has 2 fully saturated rings. The van der Waals surface area contributed by atoms with Crippen molar-refractivity contribution in [1.29, 1.82) is 0 Å². The van der Waals surface area contributed by atoms with Gasteiger partial charge in [-0.15, -0.1) is 0 Å². The number of ether oxygens (including phenoxy) is 2. The third kappa shape index (κ3) is 3.12. The molecule has 0 unspecified atom stereocenters. The molecule has 0 aromatic rings. The highest BCUT2D eigenvalue weighted by Crippen LogP contribution is 2.57. The number of nitrogens with one attached hydrogen (secondary N) is 1. The van der Waals surface area contributed by atoms with E-state index in [4.69, 9.17) is 9.47 Å². The summed E-state index contributed by atoms with van der Waals surface area (Å²) in [6.07, 6.45) is 4.94. The average Bonchev–Trinajstić information content (AvgIpc) is 2.32. The second-order valence-electron chi connectivity index (χ2n) is 6.09. The summed E-state index contributed by atoms with van der Waals surface area (Å²) in [7, 11) is -1.39. The molecule has 2 rings (SSSR count). The molecule has 1 N–H and O–H groups in total. The molecule has 0 amide bonds. The molecule has 6 heteroatoms. The number of hydrogen-bond acceptors (Lipinski definition) is 5. The van der Waals surface area contributed by atoms with Crippen LogP contribution in [0.2, 0.25) is 0 Å². The largest absolute Gasteiger partial charge is 0.383 e. The smallest absolute Gasteiger partial charge is 0.154 e. The van der Waals surface area contributed by atoms with E-state index in [-0.39, 0.29) is 5.41 Å². The summed E-state index contributed by atoms with van der Waals surface area (Å²) in [5, 5.41) is 3.22. The van der Waals surface area contributed by atoms with E-state index in [0.717, 1.165) is 38.9 Å². The first-order chi connectivity index (χ1) is 8.93. The number of rotatable bonds is 6. The second-order valence-corrected chi connectivity index (χ2v) is 8.50.